The van der Waals surface area contributed by atoms with Gasteiger partial charge in [-0.2, -0.15) is 0 Å². The number of nitrogens with zero attached hydrogens (tertiary/aromatic N) is 1. The third kappa shape index (κ3) is 2.79. The molecule has 20 heavy (non-hydrogen) atoms. The maximum atomic E-state index is 11.5. The van der Waals surface area contributed by atoms with Crippen molar-refractivity contribution in [2.24, 2.45) is 11.8 Å². The van der Waals surface area contributed by atoms with Crippen LogP contribution < -0.4 is 0 Å². The molecular formula is C16H23NO3. The Hall–Kier alpha value is -1.58. The predicted octanol–water partition coefficient (Wildman–Crippen LogP) is 3.78. The molecule has 2 atom stereocenters. The third-order valence-electron chi connectivity index (χ3n) is 4.47. The van der Waals surface area contributed by atoms with Crippen LogP contribution in [0.3, 0.4) is 0 Å². The van der Waals surface area contributed by atoms with Gasteiger partial charge in [0.05, 0.1) is 0 Å². The number of rotatable bonds is 4. The van der Waals surface area contributed by atoms with Gasteiger partial charge in [0.15, 0.2) is 5.78 Å². The van der Waals surface area contributed by atoms with Crippen LogP contribution in [0.4, 0.5) is 0 Å². The van der Waals surface area contributed by atoms with Crippen LogP contribution in [0.5, 0.6) is 0 Å². The monoisotopic (exact) mass is 277 g/mol. The zero-order valence-electron chi connectivity index (χ0n) is 12.4. The summed E-state index contributed by atoms with van der Waals surface area (Å²) >= 11 is 0. The molecule has 0 radical (unpaired) electrons. The number of carboxylic acid groups (broad SMARTS) is 1. The highest BCUT2D eigenvalue weighted by molar-refractivity contribution is 5.97. The molecule has 0 bridgehead atoms. The topological polar surface area (TPSA) is 59.3 Å². The van der Waals surface area contributed by atoms with Gasteiger partial charge in [-0.1, -0.05) is 26.7 Å². The zero-order valence-corrected chi connectivity index (χ0v) is 12.4. The predicted molar refractivity (Wildman–Crippen MR) is 77.2 cm³/mol. The van der Waals surface area contributed by atoms with E-state index in [9.17, 15) is 14.7 Å². The van der Waals surface area contributed by atoms with Crippen LogP contribution in [0.1, 0.15) is 73.3 Å². The molecule has 0 aliphatic heterocycles. The quantitative estimate of drug-likeness (QED) is 0.852. The molecule has 1 N–H and O–H groups in total. The Labute approximate surface area is 119 Å². The van der Waals surface area contributed by atoms with Crippen molar-refractivity contribution in [1.82, 2.24) is 4.57 Å². The van der Waals surface area contributed by atoms with Gasteiger partial charge in [0.25, 0.3) is 0 Å². The second-order valence-corrected chi connectivity index (χ2v) is 6.14. The molecule has 1 aromatic rings. The minimum Gasteiger partial charge on any atom is -0.477 e. The summed E-state index contributed by atoms with van der Waals surface area (Å²) in [4.78, 5) is 23.0. The fraction of sp³-hybridized carbons (Fsp3) is 0.625. The lowest BCUT2D eigenvalue weighted by molar-refractivity contribution is 0.0673. The van der Waals surface area contributed by atoms with Crippen molar-refractivity contribution in [3.63, 3.8) is 0 Å². The Kier molecular flexibility index (Phi) is 4.31. The van der Waals surface area contributed by atoms with E-state index in [-0.39, 0.29) is 17.5 Å². The van der Waals surface area contributed by atoms with Crippen LogP contribution in [0.15, 0.2) is 12.3 Å². The largest absolute Gasteiger partial charge is 0.477 e. The van der Waals surface area contributed by atoms with Crippen LogP contribution >= 0.6 is 0 Å². The van der Waals surface area contributed by atoms with E-state index in [2.05, 4.69) is 13.8 Å². The minimum absolute atomic E-state index is 0.0804. The Bertz CT molecular complexity index is 516. The summed E-state index contributed by atoms with van der Waals surface area (Å²) in [6.45, 7) is 5.86. The fourth-order valence-corrected chi connectivity index (χ4v) is 3.38. The van der Waals surface area contributed by atoms with Crippen LogP contribution in [-0.4, -0.2) is 21.4 Å². The van der Waals surface area contributed by atoms with E-state index in [0.717, 1.165) is 19.3 Å². The first-order valence-electron chi connectivity index (χ1n) is 7.38. The molecule has 1 heterocycles. The average molecular weight is 277 g/mol. The van der Waals surface area contributed by atoms with E-state index in [4.69, 9.17) is 0 Å². The van der Waals surface area contributed by atoms with Gasteiger partial charge in [-0.3, -0.25) is 4.79 Å². The number of Topliss-reactive ketones (excluding diaryl/α,β-unsaturated/α-hetero) is 1. The van der Waals surface area contributed by atoms with Crippen molar-refractivity contribution < 1.29 is 14.7 Å². The fourth-order valence-electron chi connectivity index (χ4n) is 3.38. The smallest absolute Gasteiger partial charge is 0.352 e. The maximum absolute atomic E-state index is 11.5. The second kappa shape index (κ2) is 5.81. The van der Waals surface area contributed by atoms with E-state index >= 15 is 0 Å². The summed E-state index contributed by atoms with van der Waals surface area (Å²) in [5, 5.41) is 9.38. The highest BCUT2D eigenvalue weighted by Gasteiger charge is 2.31. The number of aromatic nitrogens is 1. The van der Waals surface area contributed by atoms with Gasteiger partial charge in [-0.05, 0) is 37.7 Å². The van der Waals surface area contributed by atoms with E-state index in [0.29, 0.717) is 17.4 Å². The number of aromatic carboxylic acids is 1. The lowest BCUT2D eigenvalue weighted by Crippen LogP contribution is -2.28. The molecule has 4 heteroatoms. The molecule has 110 valence electrons. The van der Waals surface area contributed by atoms with Crippen molar-refractivity contribution in [3.8, 4) is 0 Å². The number of carbonyl (C=O) groups excluding carboxylic acids is 1. The van der Waals surface area contributed by atoms with Crippen LogP contribution in [0.25, 0.3) is 0 Å². The van der Waals surface area contributed by atoms with Crippen molar-refractivity contribution in [2.45, 2.75) is 52.5 Å². The molecule has 1 fully saturated rings. The number of carbonyl (C=O) groups is 2. The molecule has 2 unspecified atom stereocenters. The number of hydrogen-bond acceptors (Lipinski definition) is 2. The summed E-state index contributed by atoms with van der Waals surface area (Å²) in [5.74, 6) is -0.0343. The third-order valence-corrected chi connectivity index (χ3v) is 4.47. The molecule has 1 aromatic heterocycles. The van der Waals surface area contributed by atoms with E-state index in [1.807, 2.05) is 4.57 Å². The Morgan fingerprint density at radius 2 is 1.95 bits per heavy atom. The Morgan fingerprint density at radius 3 is 2.50 bits per heavy atom. The van der Waals surface area contributed by atoms with Gasteiger partial charge in [0.1, 0.15) is 5.69 Å². The Balaban J connectivity index is 2.43. The number of ketones is 1. The van der Waals surface area contributed by atoms with Crippen LogP contribution in [0, 0.1) is 11.8 Å². The van der Waals surface area contributed by atoms with Crippen LogP contribution in [-0.2, 0) is 0 Å². The molecule has 1 saturated carbocycles. The molecule has 0 spiro atoms. The Morgan fingerprint density at radius 1 is 1.30 bits per heavy atom. The van der Waals surface area contributed by atoms with Gasteiger partial charge in [0.2, 0.25) is 0 Å². The van der Waals surface area contributed by atoms with E-state index in [1.165, 1.54) is 19.4 Å². The van der Waals surface area contributed by atoms with E-state index < -0.39 is 5.97 Å². The molecule has 1 aliphatic rings. The molecule has 0 saturated heterocycles. The second-order valence-electron chi connectivity index (χ2n) is 6.14. The van der Waals surface area contributed by atoms with Crippen molar-refractivity contribution in [1.29, 1.82) is 0 Å². The average Bonchev–Trinajstić information content (AvgIpc) is 2.83. The standard InChI is InChI=1S/C16H23NO3/c1-10(2)13-6-4-5-7-14(13)17-9-12(11(3)18)8-15(17)16(19)20/h8-10,13-14H,4-7H2,1-3H3,(H,19,20). The zero-order chi connectivity index (χ0) is 14.9. The normalized spacial score (nSPS) is 23.0. The number of carboxylic acids is 1. The number of hydrogen-bond donors (Lipinski definition) is 1. The van der Waals surface area contributed by atoms with Gasteiger partial charge in [0, 0.05) is 17.8 Å². The maximum Gasteiger partial charge on any atom is 0.352 e. The SMILES string of the molecule is CC(=O)c1cc(C(=O)O)n(C2CCCCC2C(C)C)c1. The van der Waals surface area contributed by atoms with E-state index in [1.54, 1.807) is 6.20 Å². The minimum atomic E-state index is -0.953. The van der Waals surface area contributed by atoms with Crippen molar-refractivity contribution in [2.75, 3.05) is 0 Å². The first-order chi connectivity index (χ1) is 9.41. The van der Waals surface area contributed by atoms with Gasteiger partial charge in [-0.25, -0.2) is 4.79 Å². The van der Waals surface area contributed by atoms with Crippen molar-refractivity contribution >= 4 is 11.8 Å². The summed E-state index contributed by atoms with van der Waals surface area (Å²) in [5.41, 5.74) is 0.739. The highest BCUT2D eigenvalue weighted by atomic mass is 16.4. The first kappa shape index (κ1) is 14.8. The summed E-state index contributed by atoms with van der Waals surface area (Å²) in [6, 6.07) is 1.71. The molecule has 0 amide bonds. The van der Waals surface area contributed by atoms with Gasteiger partial charge >= 0.3 is 5.97 Å². The summed E-state index contributed by atoms with van der Waals surface area (Å²) < 4.78 is 1.84. The molecule has 1 aliphatic carbocycles. The van der Waals surface area contributed by atoms with Crippen LogP contribution in [0.2, 0.25) is 0 Å². The molecule has 4 nitrogen and oxygen atoms in total. The first-order valence-corrected chi connectivity index (χ1v) is 7.38. The molecule has 0 aromatic carbocycles. The van der Waals surface area contributed by atoms with Gasteiger partial charge < -0.3 is 9.67 Å². The lowest BCUT2D eigenvalue weighted by Gasteiger charge is -2.36. The van der Waals surface area contributed by atoms with Gasteiger partial charge in [-0.15, -0.1) is 0 Å². The summed E-state index contributed by atoms with van der Waals surface area (Å²) in [7, 11) is 0. The van der Waals surface area contributed by atoms with Crippen molar-refractivity contribution in [3.05, 3.63) is 23.5 Å². The lowest BCUT2D eigenvalue weighted by atomic mass is 9.77. The summed E-state index contributed by atoms with van der Waals surface area (Å²) in [6.07, 6.45) is 6.20. The molecular weight excluding hydrogens is 254 g/mol. The highest BCUT2D eigenvalue weighted by Crippen LogP contribution is 2.39. The molecule has 2 rings (SSSR count).